The summed E-state index contributed by atoms with van der Waals surface area (Å²) in [5.41, 5.74) is 0. The van der Waals surface area contributed by atoms with Gasteiger partial charge in [-0.3, -0.25) is 4.79 Å². The van der Waals surface area contributed by atoms with Gasteiger partial charge in [-0.15, -0.1) is 0 Å². The molecule has 0 heterocycles. The predicted octanol–water partition coefficient (Wildman–Crippen LogP) is -3.33. The minimum Gasteiger partial charge on any atom is -0.481 e. The van der Waals surface area contributed by atoms with Crippen LogP contribution in [0.3, 0.4) is 0 Å². The van der Waals surface area contributed by atoms with Crippen LogP contribution >= 0.6 is 12.6 Å². The Balaban J connectivity index is -0.0000000750. The van der Waals surface area contributed by atoms with Crippen molar-refractivity contribution in [3.8, 4) is 0 Å². The number of hydrogen-bond donors (Lipinski definition) is 2. The molecule has 0 unspecified atom stereocenters. The maximum atomic E-state index is 9.29. The van der Waals surface area contributed by atoms with E-state index in [1.165, 1.54) is 0 Å². The Morgan fingerprint density at radius 3 is 1.88 bits per heavy atom. The summed E-state index contributed by atoms with van der Waals surface area (Å²) in [5.74, 6) is -0.965. The Hall–Kier alpha value is 1.04. The van der Waals surface area contributed by atoms with E-state index in [1.54, 1.807) is 0 Å². The van der Waals surface area contributed by atoms with Crippen molar-refractivity contribution in [2.24, 2.45) is 0 Å². The second-order valence-corrected chi connectivity index (χ2v) is 0.868. The zero-order chi connectivity index (χ0) is 6.28. The molecule has 1 N–H and O–H groups in total. The minimum atomic E-state index is -0.881. The average molecular weight is 160 g/mol. The molecule has 0 aromatic carbocycles. The first kappa shape index (κ1) is 16.0. The molecule has 0 saturated heterocycles. The molecule has 0 amide bonds. The molecule has 0 radical (unpaired) electrons. The van der Waals surface area contributed by atoms with Crippen molar-refractivity contribution in [3.05, 3.63) is 0 Å². The summed E-state index contributed by atoms with van der Waals surface area (Å²) >= 11 is 3.42. The second kappa shape index (κ2) is 15.7. The Bertz CT molecular complexity index is 52.5. The predicted molar refractivity (Wildman–Crippen MR) is 35.9 cm³/mol. The van der Waals surface area contributed by atoms with E-state index >= 15 is 0 Å². The zero-order valence-electron chi connectivity index (χ0n) is 5.22. The van der Waals surface area contributed by atoms with Crippen LogP contribution in [0.15, 0.2) is 0 Å². The normalized spacial score (nSPS) is 5.38. The van der Waals surface area contributed by atoms with Crippen LogP contribution in [0.1, 0.15) is 0 Å². The van der Waals surface area contributed by atoms with Crippen molar-refractivity contribution in [2.45, 2.75) is 6.55 Å². The molecular weight excluding hydrogens is 151 g/mol. The molecule has 5 heteroatoms. The number of thiol groups is 1. The molecule has 0 aliphatic carbocycles. The van der Waals surface area contributed by atoms with Gasteiger partial charge in [-0.05, 0) is 0 Å². The van der Waals surface area contributed by atoms with Crippen molar-refractivity contribution in [3.63, 3.8) is 0 Å². The van der Waals surface area contributed by atoms with E-state index in [1.807, 2.05) is 16.8 Å². The Labute approximate surface area is 80.2 Å². The number of hydrogen-bond acceptors (Lipinski definition) is 2. The molecule has 0 rings (SSSR count). The van der Waals surface area contributed by atoms with Crippen LogP contribution in [-0.2, 0) is 4.79 Å². The van der Waals surface area contributed by atoms with Gasteiger partial charge in [0.2, 0.25) is 0 Å². The van der Waals surface area contributed by atoms with Crippen LogP contribution in [0.5, 0.6) is 0 Å². The Kier molecular flexibility index (Phi) is 31.4. The fourth-order valence-corrected chi connectivity index (χ4v) is 0. The number of carboxylic acids is 1. The van der Waals surface area contributed by atoms with Gasteiger partial charge in [0.15, 0.2) is 0 Å². The van der Waals surface area contributed by atoms with E-state index in [0.29, 0.717) is 0 Å². The van der Waals surface area contributed by atoms with E-state index in [9.17, 15) is 4.79 Å². The maximum Gasteiger partial charge on any atom is 1.00 e. The summed E-state index contributed by atoms with van der Waals surface area (Å²) in [6.07, 6.45) is 0. The van der Waals surface area contributed by atoms with Crippen LogP contribution in [0.25, 0.3) is 0 Å². The molecule has 0 spiro atoms. The smallest absolute Gasteiger partial charge is 0.481 e. The Morgan fingerprint density at radius 2 is 1.88 bits per heavy atom. The summed E-state index contributed by atoms with van der Waals surface area (Å²) in [6.45, 7) is 2.03. The molecule has 2 nitrogen and oxygen atoms in total. The van der Waals surface area contributed by atoms with Crippen molar-refractivity contribution in [1.82, 2.24) is 0 Å². The van der Waals surface area contributed by atoms with Gasteiger partial charge in [0.05, 0.1) is 5.75 Å². The summed E-state index contributed by atoms with van der Waals surface area (Å²) < 4.78 is 0. The van der Waals surface area contributed by atoms with E-state index in [0.717, 1.165) is 0 Å². The summed E-state index contributed by atoms with van der Waals surface area (Å²) in [6, 6.07) is 0. The van der Waals surface area contributed by atoms with Crippen LogP contribution in [0.4, 0.5) is 0 Å². The topological polar surface area (TPSA) is 37.3 Å². The summed E-state index contributed by atoms with van der Waals surface area (Å²) in [7, 11) is 1.86. The van der Waals surface area contributed by atoms with Gasteiger partial charge < -0.3 is 15.3 Å². The second-order valence-electron chi connectivity index (χ2n) is 0.552. The fourth-order valence-electron chi connectivity index (χ4n) is 0. The van der Waals surface area contributed by atoms with Crippen LogP contribution in [0, 0.1) is 0 Å². The molecule has 8 heavy (non-hydrogen) atoms. The number of aliphatic carboxylic acids is 1. The molecule has 0 fully saturated rings. The van der Waals surface area contributed by atoms with Crippen LogP contribution in [-0.4, -0.2) is 27.1 Å². The third-order valence-corrected chi connectivity index (χ3v) is 0.406. The van der Waals surface area contributed by atoms with Crippen molar-refractivity contribution in [2.75, 3.05) is 5.75 Å². The van der Waals surface area contributed by atoms with E-state index in [2.05, 4.69) is 12.6 Å². The third kappa shape index (κ3) is 27.8. The monoisotopic (exact) mass is 160 g/mol. The van der Waals surface area contributed by atoms with Gasteiger partial charge in [-0.25, -0.2) is 0 Å². The number of carbonyl (C=O) groups is 1. The molecule has 0 aliphatic heterocycles. The van der Waals surface area contributed by atoms with Gasteiger partial charge in [0, 0.05) is 0 Å². The van der Waals surface area contributed by atoms with E-state index < -0.39 is 5.97 Å². The maximum absolute atomic E-state index is 9.29. The SMILES string of the molecule is C[SiH2-].O=C(O)CS.[Na+]. The van der Waals surface area contributed by atoms with Crippen molar-refractivity contribution in [1.29, 1.82) is 0 Å². The molecule has 0 saturated carbocycles. The number of carboxylic acid groups (broad SMARTS) is 1. The minimum absolute atomic E-state index is 0. The first-order valence-corrected chi connectivity index (χ1v) is 3.85. The molecule has 0 atom stereocenters. The fraction of sp³-hybridized carbons (Fsp3) is 0.667. The van der Waals surface area contributed by atoms with Gasteiger partial charge >= 0.3 is 35.5 Å². The van der Waals surface area contributed by atoms with E-state index in [4.69, 9.17) is 5.11 Å². The standard InChI is InChI=1S/C2H4O2S.CH5Si.Na/c3-2(4)1-5;1-2;/h5H,1H2,(H,3,4);2H2,1H3;/q;-1;+1. The first-order chi connectivity index (χ1) is 3.27. The summed E-state index contributed by atoms with van der Waals surface area (Å²) in [4.78, 5) is 9.29. The molecule has 0 aromatic rings. The Morgan fingerprint density at radius 1 is 1.75 bits per heavy atom. The van der Waals surface area contributed by atoms with Crippen LogP contribution in [0.2, 0.25) is 6.55 Å². The van der Waals surface area contributed by atoms with Crippen molar-refractivity contribution < 1.29 is 39.5 Å². The molecule has 0 aromatic heterocycles. The van der Waals surface area contributed by atoms with Gasteiger partial charge in [0.1, 0.15) is 0 Å². The third-order valence-electron chi connectivity index (χ3n) is 0.135. The van der Waals surface area contributed by atoms with Crippen LogP contribution < -0.4 is 29.6 Å². The quantitative estimate of drug-likeness (QED) is 0.311. The van der Waals surface area contributed by atoms with Gasteiger partial charge in [-0.2, -0.15) is 19.2 Å². The van der Waals surface area contributed by atoms with E-state index in [-0.39, 0.29) is 35.3 Å². The zero-order valence-corrected chi connectivity index (χ0v) is 9.53. The first-order valence-electron chi connectivity index (χ1n) is 1.80. The van der Waals surface area contributed by atoms with Gasteiger partial charge in [-0.1, -0.05) is 0 Å². The largest absolute Gasteiger partial charge is 1.00 e. The average Bonchev–Trinajstić information content (AvgIpc) is 1.73. The molecule has 0 aliphatic rings. The number of rotatable bonds is 1. The molecule has 0 bridgehead atoms. The van der Waals surface area contributed by atoms with Gasteiger partial charge in [0.25, 0.3) is 0 Å². The van der Waals surface area contributed by atoms with Crippen molar-refractivity contribution >= 4 is 28.8 Å². The molecule has 44 valence electrons. The molecular formula is C3H9NaO2SSi. The summed E-state index contributed by atoms with van der Waals surface area (Å²) in [5, 5.41) is 7.65.